The van der Waals surface area contributed by atoms with Crippen molar-refractivity contribution in [2.75, 3.05) is 12.4 Å². The fourth-order valence-corrected chi connectivity index (χ4v) is 3.29. The Hall–Kier alpha value is -3.08. The van der Waals surface area contributed by atoms with Crippen LogP contribution in [-0.4, -0.2) is 22.4 Å². The summed E-state index contributed by atoms with van der Waals surface area (Å²) in [5.41, 5.74) is 3.64. The molecule has 0 saturated heterocycles. The molecule has 24 heavy (non-hydrogen) atoms. The average Bonchev–Trinajstić information content (AvgIpc) is 2.90. The predicted octanol–water partition coefficient (Wildman–Crippen LogP) is 3.92. The number of fused-ring (bicyclic) bond motifs is 5. The molecule has 4 rings (SSSR count). The Balaban J connectivity index is 2.28. The summed E-state index contributed by atoms with van der Waals surface area (Å²) in [7, 11) is 1.64. The number of nitrogens with zero attached hydrogens (tertiary/aromatic N) is 2. The number of benzene rings is 2. The van der Waals surface area contributed by atoms with Crippen molar-refractivity contribution in [2.45, 2.75) is 13.8 Å². The Morgan fingerprint density at radius 3 is 2.71 bits per heavy atom. The van der Waals surface area contributed by atoms with E-state index < -0.39 is 0 Å². The van der Waals surface area contributed by atoms with Crippen LogP contribution in [0.4, 0.5) is 5.69 Å². The van der Waals surface area contributed by atoms with Crippen LogP contribution in [0.3, 0.4) is 0 Å². The summed E-state index contributed by atoms with van der Waals surface area (Å²) >= 11 is 0. The molecule has 2 aromatic carbocycles. The van der Waals surface area contributed by atoms with Gasteiger partial charge in [-0.2, -0.15) is 0 Å². The third-order valence-corrected chi connectivity index (χ3v) is 4.24. The van der Waals surface area contributed by atoms with Gasteiger partial charge in [0.2, 0.25) is 5.91 Å². The van der Waals surface area contributed by atoms with E-state index in [1.54, 1.807) is 7.11 Å². The number of hydrogen-bond donors (Lipinski definition) is 1. The van der Waals surface area contributed by atoms with Gasteiger partial charge < -0.3 is 10.1 Å². The molecule has 0 aliphatic carbocycles. The summed E-state index contributed by atoms with van der Waals surface area (Å²) in [5.74, 6) is 1.53. The van der Waals surface area contributed by atoms with Crippen LogP contribution in [0.5, 0.6) is 5.75 Å². The van der Waals surface area contributed by atoms with Gasteiger partial charge >= 0.3 is 0 Å². The first kappa shape index (κ1) is 14.5. The highest BCUT2D eigenvalue weighted by atomic mass is 16.5. The zero-order chi connectivity index (χ0) is 16.8. The van der Waals surface area contributed by atoms with E-state index >= 15 is 0 Å². The number of carbonyl (C=O) groups is 1. The molecule has 5 heteroatoms. The fraction of sp³-hybridized carbons (Fsp3) is 0.158. The van der Waals surface area contributed by atoms with Crippen molar-refractivity contribution in [1.82, 2.24) is 9.38 Å². The van der Waals surface area contributed by atoms with Gasteiger partial charge in [0.05, 0.1) is 29.3 Å². The number of methoxy groups -OCH3 is 1. The lowest BCUT2D eigenvalue weighted by molar-refractivity contribution is -0.114. The molecule has 0 fully saturated rings. The molecule has 5 nitrogen and oxygen atoms in total. The second-order valence-corrected chi connectivity index (χ2v) is 5.80. The number of aryl methyl sites for hydroxylation is 1. The van der Waals surface area contributed by atoms with Gasteiger partial charge in [0.25, 0.3) is 0 Å². The lowest BCUT2D eigenvalue weighted by atomic mass is 10.1. The Morgan fingerprint density at radius 2 is 1.96 bits per heavy atom. The van der Waals surface area contributed by atoms with Crippen LogP contribution in [-0.2, 0) is 4.79 Å². The van der Waals surface area contributed by atoms with Crippen molar-refractivity contribution < 1.29 is 9.53 Å². The molecule has 0 aliphatic rings. The molecule has 2 heterocycles. The van der Waals surface area contributed by atoms with Crippen LogP contribution in [0.15, 0.2) is 42.5 Å². The summed E-state index contributed by atoms with van der Waals surface area (Å²) in [5, 5.41) is 4.94. The van der Waals surface area contributed by atoms with Crippen LogP contribution >= 0.6 is 0 Å². The number of amides is 1. The van der Waals surface area contributed by atoms with Gasteiger partial charge in [0, 0.05) is 17.7 Å². The molecular weight excluding hydrogens is 302 g/mol. The van der Waals surface area contributed by atoms with E-state index in [9.17, 15) is 4.79 Å². The van der Waals surface area contributed by atoms with Gasteiger partial charge in [-0.05, 0) is 31.2 Å². The molecule has 0 spiro atoms. The van der Waals surface area contributed by atoms with Crippen LogP contribution < -0.4 is 10.1 Å². The first-order chi connectivity index (χ1) is 11.6. The van der Waals surface area contributed by atoms with E-state index in [4.69, 9.17) is 9.72 Å². The first-order valence-corrected chi connectivity index (χ1v) is 7.75. The summed E-state index contributed by atoms with van der Waals surface area (Å²) in [6.07, 6.45) is 0. The number of hydrogen-bond acceptors (Lipinski definition) is 3. The average molecular weight is 319 g/mol. The maximum atomic E-state index is 11.8. The highest BCUT2D eigenvalue weighted by molar-refractivity contribution is 6.16. The van der Waals surface area contributed by atoms with Crippen molar-refractivity contribution in [3.05, 3.63) is 48.3 Å². The molecule has 0 radical (unpaired) electrons. The molecule has 0 unspecified atom stereocenters. The molecule has 1 N–H and O–H groups in total. The smallest absolute Gasteiger partial charge is 0.221 e. The van der Waals surface area contributed by atoms with E-state index in [0.29, 0.717) is 0 Å². The van der Waals surface area contributed by atoms with E-state index in [1.807, 2.05) is 49.4 Å². The second kappa shape index (κ2) is 5.23. The van der Waals surface area contributed by atoms with Gasteiger partial charge in [-0.25, -0.2) is 4.98 Å². The maximum absolute atomic E-state index is 11.8. The minimum atomic E-state index is -0.0984. The third-order valence-electron chi connectivity index (χ3n) is 4.24. The number of ether oxygens (including phenoxy) is 1. The highest BCUT2D eigenvalue weighted by Gasteiger charge is 2.18. The van der Waals surface area contributed by atoms with E-state index in [0.717, 1.165) is 44.6 Å². The second-order valence-electron chi connectivity index (χ2n) is 5.80. The number of nitrogens with one attached hydrogen (secondary N) is 1. The lowest BCUT2D eigenvalue weighted by Gasteiger charge is -2.09. The topological polar surface area (TPSA) is 55.6 Å². The zero-order valence-corrected chi connectivity index (χ0v) is 13.8. The quantitative estimate of drug-likeness (QED) is 0.609. The van der Waals surface area contributed by atoms with E-state index in [2.05, 4.69) is 9.72 Å². The van der Waals surface area contributed by atoms with Gasteiger partial charge in [0.1, 0.15) is 11.6 Å². The third kappa shape index (κ3) is 2.01. The fourth-order valence-electron chi connectivity index (χ4n) is 3.29. The minimum Gasteiger partial charge on any atom is -0.497 e. The lowest BCUT2D eigenvalue weighted by Crippen LogP contribution is -2.06. The maximum Gasteiger partial charge on any atom is 0.221 e. The van der Waals surface area contributed by atoms with Gasteiger partial charge in [-0.1, -0.05) is 18.2 Å². The molecule has 0 atom stereocenters. The molecule has 0 saturated carbocycles. The first-order valence-electron chi connectivity index (χ1n) is 7.75. The molecule has 1 amide bonds. The van der Waals surface area contributed by atoms with Crippen LogP contribution in [0.25, 0.3) is 27.3 Å². The summed E-state index contributed by atoms with van der Waals surface area (Å²) < 4.78 is 7.46. The predicted molar refractivity (Wildman–Crippen MR) is 95.8 cm³/mol. The largest absolute Gasteiger partial charge is 0.497 e. The van der Waals surface area contributed by atoms with Crippen molar-refractivity contribution >= 4 is 38.9 Å². The summed E-state index contributed by atoms with van der Waals surface area (Å²) in [6.45, 7) is 3.50. The Morgan fingerprint density at radius 1 is 1.17 bits per heavy atom. The van der Waals surface area contributed by atoms with Gasteiger partial charge in [-0.3, -0.25) is 9.20 Å². The summed E-state index contributed by atoms with van der Waals surface area (Å²) in [4.78, 5) is 16.5. The zero-order valence-electron chi connectivity index (χ0n) is 13.8. The molecule has 4 aromatic rings. The monoisotopic (exact) mass is 319 g/mol. The molecular formula is C19H17N3O2. The summed E-state index contributed by atoms with van der Waals surface area (Å²) in [6, 6.07) is 13.8. The Labute approximate surface area is 138 Å². The van der Waals surface area contributed by atoms with Gasteiger partial charge in [0.15, 0.2) is 0 Å². The number of para-hydroxylation sites is 1. The standard InChI is InChI=1S/C19H17N3O2/c1-11-20-16-9-8-13(24-3)10-15(16)19-18(21-12(2)23)14-6-4-5-7-17(14)22(11)19/h4-10H,1-3H3,(H,21,23). The van der Waals surface area contributed by atoms with E-state index in [1.165, 1.54) is 6.92 Å². The van der Waals surface area contributed by atoms with Crippen molar-refractivity contribution in [2.24, 2.45) is 0 Å². The van der Waals surface area contributed by atoms with Crippen molar-refractivity contribution in [3.63, 3.8) is 0 Å². The number of carbonyl (C=O) groups excluding carboxylic acids is 1. The van der Waals surface area contributed by atoms with Crippen LogP contribution in [0.1, 0.15) is 12.7 Å². The number of rotatable bonds is 2. The molecule has 0 aliphatic heterocycles. The number of anilines is 1. The van der Waals surface area contributed by atoms with Crippen LogP contribution in [0.2, 0.25) is 0 Å². The Bertz CT molecular complexity index is 1110. The van der Waals surface area contributed by atoms with Crippen LogP contribution in [0, 0.1) is 6.92 Å². The van der Waals surface area contributed by atoms with Crippen molar-refractivity contribution in [3.8, 4) is 5.75 Å². The Kier molecular flexibility index (Phi) is 3.16. The normalized spacial score (nSPS) is 11.3. The van der Waals surface area contributed by atoms with Gasteiger partial charge in [-0.15, -0.1) is 0 Å². The molecule has 2 aromatic heterocycles. The number of aromatic nitrogens is 2. The molecule has 0 bridgehead atoms. The van der Waals surface area contributed by atoms with E-state index in [-0.39, 0.29) is 5.91 Å². The minimum absolute atomic E-state index is 0.0984. The SMILES string of the molecule is COc1ccc2nc(C)n3c4ccccc4c(NC(C)=O)c3c2c1. The molecule has 120 valence electrons. The van der Waals surface area contributed by atoms with Crippen molar-refractivity contribution in [1.29, 1.82) is 0 Å². The highest BCUT2D eigenvalue weighted by Crippen LogP contribution is 2.37.